The molecule has 0 aliphatic heterocycles. The predicted octanol–water partition coefficient (Wildman–Crippen LogP) is 1.35. The molecule has 2 atom stereocenters. The lowest BCUT2D eigenvalue weighted by Crippen LogP contribution is -2.29. The maximum absolute atomic E-state index is 11.4. The van der Waals surface area contributed by atoms with Crippen LogP contribution in [-0.4, -0.2) is 18.5 Å². The summed E-state index contributed by atoms with van der Waals surface area (Å²) in [6.07, 6.45) is 1.65. The van der Waals surface area contributed by atoms with E-state index in [4.69, 9.17) is 17.3 Å². The molecule has 0 bridgehead atoms. The fourth-order valence-electron chi connectivity index (χ4n) is 1.63. The second kappa shape index (κ2) is 4.85. The van der Waals surface area contributed by atoms with Crippen molar-refractivity contribution >= 4 is 17.5 Å². The molecular weight excluding hydrogens is 224 g/mol. The second-order valence-corrected chi connectivity index (χ2v) is 4.61. The highest BCUT2D eigenvalue weighted by atomic mass is 35.5. The van der Waals surface area contributed by atoms with Gasteiger partial charge in [-0.1, -0.05) is 23.7 Å². The largest absolute Gasteiger partial charge is 0.355 e. The quantitative estimate of drug-likeness (QED) is 0.832. The van der Waals surface area contributed by atoms with E-state index < -0.39 is 0 Å². The molecule has 1 saturated carbocycles. The standard InChI is InChI=1S/C12H15ClN2O/c13-9-3-1-8(2-4-9)5-6-15-12(16)10-7-11(10)14/h1-4,10-11H,5-7,14H2,(H,15,16). The van der Waals surface area contributed by atoms with E-state index in [9.17, 15) is 4.79 Å². The Labute approximate surface area is 100.0 Å². The van der Waals surface area contributed by atoms with Gasteiger partial charge in [-0.25, -0.2) is 0 Å². The average molecular weight is 239 g/mol. The summed E-state index contributed by atoms with van der Waals surface area (Å²) in [6, 6.07) is 7.73. The predicted molar refractivity (Wildman–Crippen MR) is 64.2 cm³/mol. The third kappa shape index (κ3) is 2.97. The van der Waals surface area contributed by atoms with Gasteiger partial charge in [-0.2, -0.15) is 0 Å². The third-order valence-corrected chi connectivity index (χ3v) is 3.05. The summed E-state index contributed by atoms with van der Waals surface area (Å²) in [6.45, 7) is 0.656. The second-order valence-electron chi connectivity index (χ2n) is 4.17. The Morgan fingerprint density at radius 3 is 2.62 bits per heavy atom. The summed E-state index contributed by atoms with van der Waals surface area (Å²) in [7, 11) is 0. The van der Waals surface area contributed by atoms with Crippen LogP contribution in [0.5, 0.6) is 0 Å². The molecule has 1 aromatic carbocycles. The maximum atomic E-state index is 11.4. The molecule has 2 rings (SSSR count). The first-order valence-corrected chi connectivity index (χ1v) is 5.82. The van der Waals surface area contributed by atoms with Crippen molar-refractivity contribution in [1.82, 2.24) is 5.32 Å². The van der Waals surface area contributed by atoms with E-state index in [0.717, 1.165) is 17.9 Å². The van der Waals surface area contributed by atoms with Crippen LogP contribution in [0.4, 0.5) is 0 Å². The normalized spacial score (nSPS) is 22.9. The van der Waals surface area contributed by atoms with Crippen molar-refractivity contribution in [2.45, 2.75) is 18.9 Å². The molecule has 1 amide bonds. The van der Waals surface area contributed by atoms with Gasteiger partial charge in [-0.05, 0) is 30.5 Å². The van der Waals surface area contributed by atoms with E-state index in [1.165, 1.54) is 5.56 Å². The van der Waals surface area contributed by atoms with Gasteiger partial charge in [-0.3, -0.25) is 4.79 Å². The number of nitrogens with one attached hydrogen (secondary N) is 1. The monoisotopic (exact) mass is 238 g/mol. The van der Waals surface area contributed by atoms with Gasteiger partial charge in [0.05, 0.1) is 5.92 Å². The van der Waals surface area contributed by atoms with Crippen LogP contribution < -0.4 is 11.1 Å². The zero-order chi connectivity index (χ0) is 11.5. The van der Waals surface area contributed by atoms with Gasteiger partial charge in [-0.15, -0.1) is 0 Å². The smallest absolute Gasteiger partial charge is 0.224 e. The minimum absolute atomic E-state index is 0.0465. The van der Waals surface area contributed by atoms with Crippen LogP contribution in [-0.2, 0) is 11.2 Å². The lowest BCUT2D eigenvalue weighted by atomic mass is 10.1. The van der Waals surface area contributed by atoms with Gasteiger partial charge in [0.2, 0.25) is 5.91 Å². The number of nitrogens with two attached hydrogens (primary N) is 1. The summed E-state index contributed by atoms with van der Waals surface area (Å²) in [5.74, 6) is 0.131. The SMILES string of the molecule is NC1CC1C(=O)NCCc1ccc(Cl)cc1. The number of carbonyl (C=O) groups is 1. The van der Waals surface area contributed by atoms with Crippen molar-refractivity contribution in [3.05, 3.63) is 34.9 Å². The maximum Gasteiger partial charge on any atom is 0.224 e. The van der Waals surface area contributed by atoms with E-state index >= 15 is 0 Å². The minimum atomic E-state index is 0.0465. The van der Waals surface area contributed by atoms with Crippen molar-refractivity contribution < 1.29 is 4.79 Å². The molecule has 3 nitrogen and oxygen atoms in total. The molecule has 1 aliphatic rings. The van der Waals surface area contributed by atoms with Crippen LogP contribution in [0.25, 0.3) is 0 Å². The summed E-state index contributed by atoms with van der Waals surface area (Å²) in [4.78, 5) is 11.4. The first-order valence-electron chi connectivity index (χ1n) is 5.44. The Bertz CT molecular complexity index is 377. The lowest BCUT2D eigenvalue weighted by molar-refractivity contribution is -0.122. The molecule has 2 unspecified atom stereocenters. The zero-order valence-electron chi connectivity index (χ0n) is 8.95. The molecule has 0 saturated heterocycles. The first-order chi connectivity index (χ1) is 7.66. The molecule has 0 heterocycles. The number of hydrogen-bond donors (Lipinski definition) is 2. The van der Waals surface area contributed by atoms with Crippen LogP contribution in [0.15, 0.2) is 24.3 Å². The van der Waals surface area contributed by atoms with E-state index in [2.05, 4.69) is 5.32 Å². The highest BCUT2D eigenvalue weighted by molar-refractivity contribution is 6.30. The molecule has 0 radical (unpaired) electrons. The molecule has 3 N–H and O–H groups in total. The molecule has 16 heavy (non-hydrogen) atoms. The van der Waals surface area contributed by atoms with Crippen LogP contribution in [0.3, 0.4) is 0 Å². The first kappa shape index (κ1) is 11.4. The molecule has 86 valence electrons. The summed E-state index contributed by atoms with van der Waals surface area (Å²) in [5, 5.41) is 3.62. The van der Waals surface area contributed by atoms with Crippen LogP contribution in [0.1, 0.15) is 12.0 Å². The summed E-state index contributed by atoms with van der Waals surface area (Å²) < 4.78 is 0. The van der Waals surface area contributed by atoms with Crippen molar-refractivity contribution in [1.29, 1.82) is 0 Å². The molecular formula is C12H15ClN2O. The van der Waals surface area contributed by atoms with E-state index in [1.807, 2.05) is 24.3 Å². The summed E-state index contributed by atoms with van der Waals surface area (Å²) >= 11 is 5.78. The Morgan fingerprint density at radius 1 is 1.44 bits per heavy atom. The average Bonchev–Trinajstić information content (AvgIpc) is 2.98. The van der Waals surface area contributed by atoms with Crippen molar-refractivity contribution in [2.75, 3.05) is 6.54 Å². The number of benzene rings is 1. The molecule has 0 aromatic heterocycles. The Morgan fingerprint density at radius 2 is 2.06 bits per heavy atom. The fraction of sp³-hybridized carbons (Fsp3) is 0.417. The van der Waals surface area contributed by atoms with Crippen LogP contribution in [0.2, 0.25) is 5.02 Å². The Balaban J connectivity index is 1.71. The number of hydrogen-bond acceptors (Lipinski definition) is 2. The van der Waals surface area contributed by atoms with Crippen molar-refractivity contribution in [3.63, 3.8) is 0 Å². The molecule has 4 heteroatoms. The highest BCUT2D eigenvalue weighted by Gasteiger charge is 2.39. The van der Waals surface area contributed by atoms with E-state index in [0.29, 0.717) is 6.54 Å². The van der Waals surface area contributed by atoms with Crippen LogP contribution >= 0.6 is 11.6 Å². The number of rotatable bonds is 4. The van der Waals surface area contributed by atoms with Crippen molar-refractivity contribution in [3.8, 4) is 0 Å². The zero-order valence-corrected chi connectivity index (χ0v) is 9.70. The van der Waals surface area contributed by atoms with Gasteiger partial charge >= 0.3 is 0 Å². The topological polar surface area (TPSA) is 55.1 Å². The lowest BCUT2D eigenvalue weighted by Gasteiger charge is -2.04. The van der Waals surface area contributed by atoms with Gasteiger partial charge < -0.3 is 11.1 Å². The third-order valence-electron chi connectivity index (χ3n) is 2.80. The molecule has 1 aliphatic carbocycles. The van der Waals surface area contributed by atoms with Crippen molar-refractivity contribution in [2.24, 2.45) is 11.7 Å². The van der Waals surface area contributed by atoms with Crippen LogP contribution in [0, 0.1) is 5.92 Å². The van der Waals surface area contributed by atoms with Gasteiger partial charge in [0, 0.05) is 17.6 Å². The van der Waals surface area contributed by atoms with Gasteiger partial charge in [0.1, 0.15) is 0 Å². The highest BCUT2D eigenvalue weighted by Crippen LogP contribution is 2.27. The Kier molecular flexibility index (Phi) is 3.46. The molecule has 0 spiro atoms. The number of carbonyl (C=O) groups excluding carboxylic acids is 1. The Hall–Kier alpha value is -1.06. The van der Waals surface area contributed by atoms with Gasteiger partial charge in [0.25, 0.3) is 0 Å². The minimum Gasteiger partial charge on any atom is -0.355 e. The van der Waals surface area contributed by atoms with E-state index in [1.54, 1.807) is 0 Å². The number of amides is 1. The number of halogens is 1. The fourth-order valence-corrected chi connectivity index (χ4v) is 1.75. The van der Waals surface area contributed by atoms with E-state index in [-0.39, 0.29) is 17.9 Å². The molecule has 1 fully saturated rings. The molecule has 1 aromatic rings. The summed E-state index contributed by atoms with van der Waals surface area (Å²) in [5.41, 5.74) is 6.76. The van der Waals surface area contributed by atoms with Gasteiger partial charge in [0.15, 0.2) is 0 Å².